The molecule has 8 heteroatoms. The number of hydrogen-bond donors (Lipinski definition) is 0. The maximum absolute atomic E-state index is 11.9. The zero-order valence-electron chi connectivity index (χ0n) is 20.9. The molecule has 0 amide bonds. The zero-order chi connectivity index (χ0) is 23.9. The first kappa shape index (κ1) is 29.0. The summed E-state index contributed by atoms with van der Waals surface area (Å²) in [5.41, 5.74) is 1.52. The van der Waals surface area contributed by atoms with Gasteiger partial charge in [0, 0.05) is 19.2 Å². The molecule has 0 aliphatic heterocycles. The van der Waals surface area contributed by atoms with Gasteiger partial charge in [-0.1, -0.05) is 32.8 Å². The third-order valence-corrected chi connectivity index (χ3v) is 15.4. The van der Waals surface area contributed by atoms with E-state index in [9.17, 15) is 9.59 Å². The Hall–Kier alpha value is -0.969. The molecule has 5 nitrogen and oxygen atoms in total. The number of hydrogen-bond acceptors (Lipinski definition) is 5. The molecule has 2 atom stereocenters. The maximum atomic E-state index is 11.9. The highest BCUT2D eigenvalue weighted by molar-refractivity contribution is 6.87. The average molecular weight is 473 g/mol. The van der Waals surface area contributed by atoms with E-state index in [1.165, 1.54) is 0 Å². The Morgan fingerprint density at radius 3 is 1.40 bits per heavy atom. The number of rotatable bonds is 13. The van der Waals surface area contributed by atoms with E-state index in [1.807, 2.05) is 0 Å². The predicted octanol–water partition coefficient (Wildman–Crippen LogP) is 6.14. The quantitative estimate of drug-likeness (QED) is 0.183. The second-order valence-electron chi connectivity index (χ2n) is 10.8. The van der Waals surface area contributed by atoms with Gasteiger partial charge in [0.1, 0.15) is 0 Å². The minimum Gasteiger partial charge on any atom is -0.462 e. The van der Waals surface area contributed by atoms with Crippen LogP contribution in [0.3, 0.4) is 0 Å². The Labute approximate surface area is 187 Å². The van der Waals surface area contributed by atoms with E-state index in [2.05, 4.69) is 65.5 Å². The first-order chi connectivity index (χ1) is 13.4. The SMILES string of the molecule is C=C(C)C(=O)OCCC(C(CCOC(=O)C(=C)C)[Si](C)(C)O[Si](C)(C)C)[Si](C)(C)C. The summed E-state index contributed by atoms with van der Waals surface area (Å²) in [6.45, 7) is 29.6. The highest BCUT2D eigenvalue weighted by Crippen LogP contribution is 2.46. The molecule has 0 heterocycles. The molecule has 2 unspecified atom stereocenters. The normalized spacial score (nSPS) is 14.6. The van der Waals surface area contributed by atoms with Crippen LogP contribution in [0.15, 0.2) is 24.3 Å². The summed E-state index contributed by atoms with van der Waals surface area (Å²) in [5, 5.41) is 0. The number of carbonyl (C=O) groups is 2. The van der Waals surface area contributed by atoms with Gasteiger partial charge in [-0.2, -0.15) is 0 Å². The summed E-state index contributed by atoms with van der Waals surface area (Å²) in [7, 11) is -5.49. The zero-order valence-corrected chi connectivity index (χ0v) is 23.9. The fraction of sp³-hybridized carbons (Fsp3) is 0.727. The molecule has 0 bridgehead atoms. The molecule has 0 aliphatic carbocycles. The molecule has 0 saturated heterocycles. The molecule has 0 spiro atoms. The van der Waals surface area contributed by atoms with Crippen molar-refractivity contribution in [3.8, 4) is 0 Å². The molecule has 0 aromatic carbocycles. The third-order valence-electron chi connectivity index (χ3n) is 5.08. The van der Waals surface area contributed by atoms with Crippen molar-refractivity contribution >= 4 is 36.6 Å². The van der Waals surface area contributed by atoms with Crippen molar-refractivity contribution in [2.24, 2.45) is 0 Å². The summed E-state index contributed by atoms with van der Waals surface area (Å²) in [6.07, 6.45) is 1.55. The number of esters is 2. The van der Waals surface area contributed by atoms with E-state index in [4.69, 9.17) is 13.6 Å². The van der Waals surface area contributed by atoms with Crippen LogP contribution >= 0.6 is 0 Å². The van der Waals surface area contributed by atoms with Crippen LogP contribution in [-0.2, 0) is 23.2 Å². The fourth-order valence-electron chi connectivity index (χ4n) is 3.94. The molecule has 0 radical (unpaired) electrons. The highest BCUT2D eigenvalue weighted by atomic mass is 28.4. The minimum atomic E-state index is -2.11. The van der Waals surface area contributed by atoms with Gasteiger partial charge in [-0.3, -0.25) is 0 Å². The second kappa shape index (κ2) is 11.6. The van der Waals surface area contributed by atoms with Gasteiger partial charge in [0.05, 0.1) is 13.2 Å². The van der Waals surface area contributed by atoms with E-state index in [1.54, 1.807) is 13.8 Å². The Balaban J connectivity index is 5.67. The van der Waals surface area contributed by atoms with Crippen molar-refractivity contribution < 1.29 is 23.2 Å². The van der Waals surface area contributed by atoms with Crippen molar-refractivity contribution in [2.45, 2.75) is 90.1 Å². The van der Waals surface area contributed by atoms with Crippen LogP contribution in [0.4, 0.5) is 0 Å². The van der Waals surface area contributed by atoms with Gasteiger partial charge >= 0.3 is 11.9 Å². The molecule has 0 N–H and O–H groups in total. The maximum Gasteiger partial charge on any atom is 0.333 e. The standard InChI is InChI=1S/C22H44O5Si3/c1-17(2)21(23)25-15-13-19(28(5,6)7)20(14-16-26-22(24)18(3)4)30(11,12)27-29(8,9)10/h19-20H,1,3,13-16H2,2,4-12H3. The van der Waals surface area contributed by atoms with Gasteiger partial charge in [0.25, 0.3) is 0 Å². The van der Waals surface area contributed by atoms with Crippen LogP contribution in [0.1, 0.15) is 26.7 Å². The first-order valence-corrected chi connectivity index (χ1v) is 20.7. The molecule has 0 rings (SSSR count). The predicted molar refractivity (Wildman–Crippen MR) is 134 cm³/mol. The Bertz CT molecular complexity index is 630. The van der Waals surface area contributed by atoms with E-state index in [0.29, 0.717) is 35.4 Å². The third kappa shape index (κ3) is 10.9. The van der Waals surface area contributed by atoms with E-state index < -0.39 is 24.7 Å². The first-order valence-electron chi connectivity index (χ1n) is 10.7. The van der Waals surface area contributed by atoms with E-state index >= 15 is 0 Å². The van der Waals surface area contributed by atoms with E-state index in [0.717, 1.165) is 12.8 Å². The fourth-order valence-corrected chi connectivity index (χ4v) is 17.9. The van der Waals surface area contributed by atoms with Crippen LogP contribution in [0.5, 0.6) is 0 Å². The summed E-state index contributed by atoms with van der Waals surface area (Å²) in [6, 6.07) is 0. The molecule has 174 valence electrons. The van der Waals surface area contributed by atoms with Gasteiger partial charge in [-0.25, -0.2) is 9.59 Å². The molecule has 0 aliphatic rings. The van der Waals surface area contributed by atoms with Gasteiger partial charge in [0.15, 0.2) is 16.6 Å². The largest absolute Gasteiger partial charge is 0.462 e. The van der Waals surface area contributed by atoms with Crippen molar-refractivity contribution in [2.75, 3.05) is 13.2 Å². The topological polar surface area (TPSA) is 61.8 Å². The van der Waals surface area contributed by atoms with Crippen molar-refractivity contribution in [3.05, 3.63) is 24.3 Å². The van der Waals surface area contributed by atoms with E-state index in [-0.39, 0.29) is 11.9 Å². The molecule has 30 heavy (non-hydrogen) atoms. The van der Waals surface area contributed by atoms with Crippen LogP contribution in [0, 0.1) is 0 Å². The van der Waals surface area contributed by atoms with Gasteiger partial charge in [-0.05, 0) is 70.5 Å². The van der Waals surface area contributed by atoms with Crippen LogP contribution in [0.25, 0.3) is 0 Å². The number of carbonyl (C=O) groups excluding carboxylic acids is 2. The smallest absolute Gasteiger partial charge is 0.333 e. The second-order valence-corrected chi connectivity index (χ2v) is 25.3. The molecule has 0 saturated carbocycles. The van der Waals surface area contributed by atoms with Gasteiger partial charge < -0.3 is 13.6 Å². The molecular weight excluding hydrogens is 428 g/mol. The Morgan fingerprint density at radius 2 is 1.10 bits per heavy atom. The van der Waals surface area contributed by atoms with Crippen LogP contribution < -0.4 is 0 Å². The molecule has 0 aromatic rings. The highest BCUT2D eigenvalue weighted by Gasteiger charge is 2.45. The summed E-state index contributed by atoms with van der Waals surface area (Å²) in [4.78, 5) is 23.7. The van der Waals surface area contributed by atoms with Gasteiger partial charge in [0.2, 0.25) is 0 Å². The van der Waals surface area contributed by atoms with Gasteiger partial charge in [-0.15, -0.1) is 0 Å². The lowest BCUT2D eigenvalue weighted by Gasteiger charge is -2.45. The summed E-state index contributed by atoms with van der Waals surface area (Å²) in [5.74, 6) is -0.689. The molecular formula is C22H44O5Si3. The Kier molecular flexibility index (Phi) is 11.2. The lowest BCUT2D eigenvalue weighted by Crippen LogP contribution is -2.50. The lowest BCUT2D eigenvalue weighted by molar-refractivity contribution is -0.140. The molecule has 0 aromatic heterocycles. The van der Waals surface area contributed by atoms with Crippen molar-refractivity contribution in [1.82, 2.24) is 0 Å². The van der Waals surface area contributed by atoms with Crippen LogP contribution in [0.2, 0.25) is 63.5 Å². The van der Waals surface area contributed by atoms with Crippen molar-refractivity contribution in [1.29, 1.82) is 0 Å². The van der Waals surface area contributed by atoms with Crippen LogP contribution in [-0.4, -0.2) is 49.9 Å². The minimum absolute atomic E-state index is 0.303. The molecule has 0 fully saturated rings. The Morgan fingerprint density at radius 1 is 0.733 bits per heavy atom. The van der Waals surface area contributed by atoms with Crippen molar-refractivity contribution in [3.63, 3.8) is 0 Å². The lowest BCUT2D eigenvalue weighted by atomic mass is 10.2. The summed E-state index contributed by atoms with van der Waals surface area (Å²) >= 11 is 0. The monoisotopic (exact) mass is 472 g/mol. The summed E-state index contributed by atoms with van der Waals surface area (Å²) < 4.78 is 17.6. The number of ether oxygens (including phenoxy) is 2. The average Bonchev–Trinajstić information content (AvgIpc) is 2.52.